The van der Waals surface area contributed by atoms with Gasteiger partial charge in [-0.05, 0) is 50.2 Å². The van der Waals surface area contributed by atoms with E-state index in [9.17, 15) is 18.0 Å². The largest absolute Gasteiger partial charge is 0.463 e. The van der Waals surface area contributed by atoms with E-state index >= 15 is 0 Å². The molecule has 5 heterocycles. The Balaban J connectivity index is 1.17. The lowest BCUT2D eigenvalue weighted by atomic mass is 10.0. The average Bonchev–Trinajstić information content (AvgIpc) is 3.82. The van der Waals surface area contributed by atoms with Crippen LogP contribution in [-0.2, 0) is 42.0 Å². The smallest absolute Gasteiger partial charge is 0.418 e. The van der Waals surface area contributed by atoms with Gasteiger partial charge in [0.1, 0.15) is 25.2 Å². The lowest BCUT2D eigenvalue weighted by Crippen LogP contribution is -2.57. The number of amides is 1. The zero-order chi connectivity index (χ0) is 41.0. The summed E-state index contributed by atoms with van der Waals surface area (Å²) >= 11 is 0. The number of halogens is 3. The minimum atomic E-state index is -4.61. The van der Waals surface area contributed by atoms with Gasteiger partial charge >= 0.3 is 18.3 Å². The molecule has 17 heteroatoms. The van der Waals surface area contributed by atoms with E-state index in [0.717, 1.165) is 42.7 Å². The summed E-state index contributed by atoms with van der Waals surface area (Å²) in [5, 5.41) is 4.86. The number of hydrogen-bond acceptors (Lipinski definition) is 10. The van der Waals surface area contributed by atoms with Crippen LogP contribution in [0.1, 0.15) is 28.8 Å². The highest BCUT2D eigenvalue weighted by atomic mass is 28.3. The third-order valence-electron chi connectivity index (χ3n) is 11.1. The first-order chi connectivity index (χ1) is 27.8. The predicted octanol–water partition coefficient (Wildman–Crippen LogP) is 6.80. The molecule has 2 aromatic heterocycles. The number of aromatic nitrogens is 4. The molecule has 0 radical (unpaired) electrons. The first-order valence-electron chi connectivity index (χ1n) is 19.9. The maximum atomic E-state index is 14.8. The minimum Gasteiger partial charge on any atom is -0.463 e. The standard InChI is InChI=1S/C41H52F3N9O4Si/c1-45-21-31-24-51(17-18-52(31)40(54)57-26-29-9-7-6-8-10-29)38-32-14-16-50(25-35(32)47-39(48-38)56-27-30-13-15-49(2)23-30)37-33-22-46-53(28-55-19-20-58(3,4)5)36(33)12-11-34(37)41(42,43)44/h6-12,22,30-31H,13-21,23-28H2,2-5H3/t30-,31?/m1/s1. The Morgan fingerprint density at radius 3 is 2.55 bits per heavy atom. The minimum absolute atomic E-state index is 0.0559. The van der Waals surface area contributed by atoms with Gasteiger partial charge in [0.25, 0.3) is 0 Å². The zero-order valence-electron chi connectivity index (χ0n) is 33.7. The Kier molecular flexibility index (Phi) is 12.5. The number of nitrogens with zero attached hydrogens (tertiary/aromatic N) is 9. The topological polar surface area (TPSA) is 106 Å². The maximum absolute atomic E-state index is 14.8. The van der Waals surface area contributed by atoms with Crippen molar-refractivity contribution >= 4 is 36.6 Å². The lowest BCUT2D eigenvalue weighted by Gasteiger charge is -2.41. The Labute approximate surface area is 338 Å². The molecule has 1 amide bonds. The fraction of sp³-hybridized carbons (Fsp3) is 0.537. The Bertz CT molecular complexity index is 2110. The van der Waals surface area contributed by atoms with E-state index in [-0.39, 0.29) is 44.7 Å². The number of rotatable bonds is 13. The summed E-state index contributed by atoms with van der Waals surface area (Å²) in [4.78, 5) is 34.4. The molecular formula is C41H52F3N9O4Si. The monoisotopic (exact) mass is 819 g/mol. The number of carbonyl (C=O) groups excluding carboxylic acids is 1. The second kappa shape index (κ2) is 17.5. The van der Waals surface area contributed by atoms with Crippen molar-refractivity contribution in [3.05, 3.63) is 82.5 Å². The molecule has 13 nitrogen and oxygen atoms in total. The molecule has 0 spiro atoms. The van der Waals surface area contributed by atoms with Crippen molar-refractivity contribution in [3.8, 4) is 6.01 Å². The van der Waals surface area contributed by atoms with Crippen LogP contribution >= 0.6 is 0 Å². The third kappa shape index (κ3) is 9.67. The number of likely N-dealkylation sites (tertiary alicyclic amines) is 1. The first-order valence-corrected chi connectivity index (χ1v) is 23.6. The second-order valence-electron chi connectivity index (χ2n) is 16.7. The van der Waals surface area contributed by atoms with E-state index < -0.39 is 31.9 Å². The molecular weight excluding hydrogens is 768 g/mol. The summed E-state index contributed by atoms with van der Waals surface area (Å²) in [5.41, 5.74) is 2.13. The van der Waals surface area contributed by atoms with Crippen molar-refractivity contribution in [2.45, 2.75) is 70.6 Å². The van der Waals surface area contributed by atoms with E-state index in [2.05, 4.69) is 46.4 Å². The Morgan fingerprint density at radius 2 is 1.83 bits per heavy atom. The van der Waals surface area contributed by atoms with Crippen LogP contribution in [0.4, 0.5) is 29.5 Å². The van der Waals surface area contributed by atoms with Crippen molar-refractivity contribution in [2.75, 3.05) is 75.9 Å². The number of fused-ring (bicyclic) bond motifs is 2. The molecule has 1 unspecified atom stereocenters. The third-order valence-corrected chi connectivity index (χ3v) is 12.8. The van der Waals surface area contributed by atoms with Gasteiger partial charge in [0.2, 0.25) is 6.54 Å². The summed E-state index contributed by atoms with van der Waals surface area (Å²) in [6, 6.07) is 12.7. The zero-order valence-corrected chi connectivity index (χ0v) is 34.7. The fourth-order valence-corrected chi connectivity index (χ4v) is 8.71. The Hall–Kier alpha value is -4.92. The molecule has 0 bridgehead atoms. The number of piperazine rings is 1. The van der Waals surface area contributed by atoms with Crippen molar-refractivity contribution in [1.29, 1.82) is 0 Å². The van der Waals surface area contributed by atoms with Crippen LogP contribution in [0.2, 0.25) is 25.7 Å². The molecule has 0 saturated carbocycles. The van der Waals surface area contributed by atoms with Gasteiger partial charge in [-0.2, -0.15) is 28.2 Å². The van der Waals surface area contributed by atoms with Gasteiger partial charge in [-0.15, -0.1) is 0 Å². The van der Waals surface area contributed by atoms with Crippen LogP contribution < -0.4 is 14.5 Å². The molecule has 4 aromatic rings. The number of carbonyl (C=O) groups is 1. The summed E-state index contributed by atoms with van der Waals surface area (Å²) in [5.74, 6) is 0.911. The van der Waals surface area contributed by atoms with Gasteiger partial charge in [-0.3, -0.25) is 4.90 Å². The van der Waals surface area contributed by atoms with Gasteiger partial charge in [0.15, 0.2) is 0 Å². The summed E-state index contributed by atoms with van der Waals surface area (Å²) in [6.45, 7) is 19.0. The van der Waals surface area contributed by atoms with Crippen LogP contribution in [0.25, 0.3) is 15.7 Å². The van der Waals surface area contributed by atoms with Gasteiger partial charge < -0.3 is 33.8 Å². The highest BCUT2D eigenvalue weighted by Gasteiger charge is 2.39. The molecule has 58 heavy (non-hydrogen) atoms. The molecule has 7 rings (SSSR count). The number of benzene rings is 2. The van der Waals surface area contributed by atoms with Crippen LogP contribution in [-0.4, -0.2) is 116 Å². The molecule has 2 atom stereocenters. The number of alkyl halides is 3. The van der Waals surface area contributed by atoms with Crippen molar-refractivity contribution in [3.63, 3.8) is 0 Å². The van der Waals surface area contributed by atoms with Crippen molar-refractivity contribution in [2.24, 2.45) is 5.92 Å². The van der Waals surface area contributed by atoms with Gasteiger partial charge in [0.05, 0.1) is 41.8 Å². The van der Waals surface area contributed by atoms with Gasteiger partial charge in [-0.25, -0.2) is 16.0 Å². The average molecular weight is 820 g/mol. The number of hydrogen-bond donors (Lipinski definition) is 0. The second-order valence-corrected chi connectivity index (χ2v) is 22.3. The quantitative estimate of drug-likeness (QED) is 0.0814. The van der Waals surface area contributed by atoms with Gasteiger partial charge in [-0.1, -0.05) is 50.0 Å². The van der Waals surface area contributed by atoms with E-state index in [4.69, 9.17) is 30.8 Å². The van der Waals surface area contributed by atoms with E-state index in [1.165, 1.54) is 12.3 Å². The molecule has 2 saturated heterocycles. The van der Waals surface area contributed by atoms with Gasteiger partial charge in [0, 0.05) is 64.3 Å². The molecule has 0 N–H and O–H groups in total. The lowest BCUT2D eigenvalue weighted by molar-refractivity contribution is -0.137. The molecule has 2 aromatic carbocycles. The van der Waals surface area contributed by atoms with Crippen LogP contribution in [0.3, 0.4) is 0 Å². The summed E-state index contributed by atoms with van der Waals surface area (Å²) in [7, 11) is 0.740. The fourth-order valence-electron chi connectivity index (χ4n) is 7.95. The molecule has 3 aliphatic rings. The predicted molar refractivity (Wildman–Crippen MR) is 218 cm³/mol. The maximum Gasteiger partial charge on any atom is 0.418 e. The van der Waals surface area contributed by atoms with E-state index in [1.54, 1.807) is 14.5 Å². The molecule has 0 aliphatic carbocycles. The molecule has 310 valence electrons. The number of anilines is 2. The normalized spacial score (nSPS) is 19.0. The first kappa shape index (κ1) is 41.2. The Morgan fingerprint density at radius 1 is 1.02 bits per heavy atom. The number of ether oxygens (including phenoxy) is 3. The van der Waals surface area contributed by atoms with Crippen LogP contribution in [0, 0.1) is 12.5 Å². The van der Waals surface area contributed by atoms with E-state index in [1.807, 2.05) is 30.3 Å². The molecule has 3 aliphatic heterocycles. The summed E-state index contributed by atoms with van der Waals surface area (Å²) in [6.07, 6.45) is -2.26. The summed E-state index contributed by atoms with van der Waals surface area (Å²) < 4.78 is 63.8. The van der Waals surface area contributed by atoms with Crippen LogP contribution in [0.5, 0.6) is 6.01 Å². The highest BCUT2D eigenvalue weighted by molar-refractivity contribution is 6.76. The highest BCUT2D eigenvalue weighted by Crippen LogP contribution is 2.43. The van der Waals surface area contributed by atoms with E-state index in [0.29, 0.717) is 67.6 Å². The van der Waals surface area contributed by atoms with Crippen LogP contribution in [0.15, 0.2) is 48.7 Å². The van der Waals surface area contributed by atoms with Crippen molar-refractivity contribution < 1.29 is 32.2 Å². The van der Waals surface area contributed by atoms with Crippen molar-refractivity contribution in [1.82, 2.24) is 29.5 Å². The SMILES string of the molecule is [C-]#[N+]CC1CN(c2nc(OC[C@@H]3CCN(C)C3)nc3c2CCN(c2c(C(F)(F)F)ccc4c2cnn4COCC[Si](C)(C)C)C3)CCN1C(=O)OCc1ccccc1. The molecule has 2 fully saturated rings.